The van der Waals surface area contributed by atoms with E-state index in [2.05, 4.69) is 20.3 Å². The minimum atomic E-state index is -2.67. The average Bonchev–Trinajstić information content (AvgIpc) is 3.39. The van der Waals surface area contributed by atoms with Gasteiger partial charge in [-0.25, -0.2) is 18.3 Å². The van der Waals surface area contributed by atoms with E-state index in [0.717, 1.165) is 37.0 Å². The molecule has 1 N–H and O–H groups in total. The van der Waals surface area contributed by atoms with Gasteiger partial charge < -0.3 is 10.2 Å². The Bertz CT molecular complexity index is 869. The van der Waals surface area contributed by atoms with Crippen LogP contribution in [0, 0.1) is 0 Å². The SMILES string of the molecule is CC(C)(CN1CCCCC1)NC(=O)c1cnn2c(C(F)F)cc(C3CC3)nc12. The van der Waals surface area contributed by atoms with Gasteiger partial charge in [0.2, 0.25) is 0 Å². The van der Waals surface area contributed by atoms with Gasteiger partial charge in [0.15, 0.2) is 5.65 Å². The summed E-state index contributed by atoms with van der Waals surface area (Å²) in [5.41, 5.74) is 0.438. The summed E-state index contributed by atoms with van der Waals surface area (Å²) in [6.45, 7) is 6.80. The van der Waals surface area contributed by atoms with Crippen LogP contribution in [0.4, 0.5) is 8.78 Å². The maximum absolute atomic E-state index is 13.5. The Labute approximate surface area is 163 Å². The van der Waals surface area contributed by atoms with E-state index in [4.69, 9.17) is 0 Å². The van der Waals surface area contributed by atoms with E-state index in [0.29, 0.717) is 5.69 Å². The quantitative estimate of drug-likeness (QED) is 0.818. The lowest BCUT2D eigenvalue weighted by Gasteiger charge is -2.35. The lowest BCUT2D eigenvalue weighted by molar-refractivity contribution is 0.0879. The summed E-state index contributed by atoms with van der Waals surface area (Å²) in [7, 11) is 0. The van der Waals surface area contributed by atoms with Crippen molar-refractivity contribution in [3.05, 3.63) is 29.2 Å². The molecule has 2 fully saturated rings. The first-order valence-electron chi connectivity index (χ1n) is 10.1. The van der Waals surface area contributed by atoms with Gasteiger partial charge in [-0.05, 0) is 58.7 Å². The first kappa shape index (κ1) is 19.2. The van der Waals surface area contributed by atoms with Gasteiger partial charge in [0, 0.05) is 23.7 Å². The number of nitrogens with zero attached hydrogens (tertiary/aromatic N) is 4. The molecule has 152 valence electrons. The maximum atomic E-state index is 13.5. The fraction of sp³-hybridized carbons (Fsp3) is 0.650. The zero-order valence-corrected chi connectivity index (χ0v) is 16.4. The van der Waals surface area contributed by atoms with Crippen molar-refractivity contribution in [2.24, 2.45) is 0 Å². The molecule has 1 aliphatic carbocycles. The third-order valence-corrected chi connectivity index (χ3v) is 5.50. The molecule has 0 spiro atoms. The van der Waals surface area contributed by atoms with Gasteiger partial charge >= 0.3 is 0 Å². The van der Waals surface area contributed by atoms with E-state index in [1.807, 2.05) is 13.8 Å². The third kappa shape index (κ3) is 4.01. The van der Waals surface area contributed by atoms with E-state index >= 15 is 0 Å². The highest BCUT2D eigenvalue weighted by atomic mass is 19.3. The Morgan fingerprint density at radius 3 is 2.64 bits per heavy atom. The number of hydrogen-bond acceptors (Lipinski definition) is 4. The van der Waals surface area contributed by atoms with E-state index in [1.165, 1.54) is 31.5 Å². The van der Waals surface area contributed by atoms with Gasteiger partial charge in [-0.15, -0.1) is 0 Å². The summed E-state index contributed by atoms with van der Waals surface area (Å²) < 4.78 is 28.1. The molecule has 2 aliphatic rings. The normalized spacial score (nSPS) is 18.8. The van der Waals surface area contributed by atoms with Crippen LogP contribution in [0.2, 0.25) is 0 Å². The Hall–Kier alpha value is -2.09. The largest absolute Gasteiger partial charge is 0.346 e. The molecule has 1 amide bonds. The second-order valence-electron chi connectivity index (χ2n) is 8.65. The molecule has 1 aliphatic heterocycles. The number of alkyl halides is 2. The minimum absolute atomic E-state index is 0.210. The van der Waals surface area contributed by atoms with E-state index in [1.54, 1.807) is 0 Å². The fourth-order valence-electron chi connectivity index (χ4n) is 4.00. The van der Waals surface area contributed by atoms with Gasteiger partial charge in [-0.3, -0.25) is 4.79 Å². The zero-order chi connectivity index (χ0) is 19.9. The molecule has 0 unspecified atom stereocenters. The number of likely N-dealkylation sites (tertiary alicyclic amines) is 1. The third-order valence-electron chi connectivity index (χ3n) is 5.50. The number of carbonyl (C=O) groups excluding carboxylic acids is 1. The van der Waals surface area contributed by atoms with Crippen molar-refractivity contribution in [3.63, 3.8) is 0 Å². The summed E-state index contributed by atoms with van der Waals surface area (Å²) in [6.07, 6.45) is 4.19. The monoisotopic (exact) mass is 391 g/mol. The number of halogens is 2. The topological polar surface area (TPSA) is 62.5 Å². The van der Waals surface area contributed by atoms with Crippen LogP contribution < -0.4 is 5.32 Å². The van der Waals surface area contributed by atoms with Crippen molar-refractivity contribution in [2.45, 2.75) is 63.8 Å². The molecule has 0 atom stereocenters. The Morgan fingerprint density at radius 1 is 1.29 bits per heavy atom. The fourth-order valence-corrected chi connectivity index (χ4v) is 4.00. The predicted octanol–water partition coefficient (Wildman–Crippen LogP) is 3.54. The first-order chi connectivity index (χ1) is 13.3. The van der Waals surface area contributed by atoms with Crippen LogP contribution in [0.5, 0.6) is 0 Å². The van der Waals surface area contributed by atoms with E-state index in [9.17, 15) is 13.6 Å². The maximum Gasteiger partial charge on any atom is 0.280 e. The lowest BCUT2D eigenvalue weighted by Crippen LogP contribution is -2.52. The molecular weight excluding hydrogens is 364 g/mol. The van der Waals surface area contributed by atoms with Crippen molar-refractivity contribution in [1.29, 1.82) is 0 Å². The van der Waals surface area contributed by atoms with Gasteiger partial charge in [-0.1, -0.05) is 6.42 Å². The van der Waals surface area contributed by atoms with Crippen molar-refractivity contribution in [2.75, 3.05) is 19.6 Å². The van der Waals surface area contributed by atoms with E-state index < -0.39 is 12.0 Å². The van der Waals surface area contributed by atoms with Crippen LogP contribution in [-0.4, -0.2) is 50.6 Å². The van der Waals surface area contributed by atoms with Gasteiger partial charge in [0.1, 0.15) is 11.3 Å². The molecule has 28 heavy (non-hydrogen) atoms. The van der Waals surface area contributed by atoms with Gasteiger partial charge in [0.25, 0.3) is 12.3 Å². The molecule has 1 saturated carbocycles. The highest BCUT2D eigenvalue weighted by molar-refractivity contribution is 6.00. The second-order valence-corrected chi connectivity index (χ2v) is 8.65. The molecule has 1 saturated heterocycles. The minimum Gasteiger partial charge on any atom is -0.346 e. The lowest BCUT2D eigenvalue weighted by atomic mass is 10.0. The molecule has 0 radical (unpaired) electrons. The average molecular weight is 391 g/mol. The van der Waals surface area contributed by atoms with Crippen LogP contribution in [-0.2, 0) is 0 Å². The van der Waals surface area contributed by atoms with Gasteiger partial charge in [0.05, 0.1) is 6.20 Å². The van der Waals surface area contributed by atoms with Crippen molar-refractivity contribution < 1.29 is 13.6 Å². The van der Waals surface area contributed by atoms with E-state index in [-0.39, 0.29) is 28.7 Å². The number of amides is 1. The molecule has 0 bridgehead atoms. The van der Waals surface area contributed by atoms with Crippen molar-refractivity contribution >= 4 is 11.6 Å². The molecule has 2 aromatic rings. The number of rotatable bonds is 6. The molecule has 0 aromatic carbocycles. The first-order valence-corrected chi connectivity index (χ1v) is 10.1. The molecule has 3 heterocycles. The van der Waals surface area contributed by atoms with Crippen LogP contribution in [0.25, 0.3) is 5.65 Å². The predicted molar refractivity (Wildman–Crippen MR) is 102 cm³/mol. The number of fused-ring (bicyclic) bond motifs is 1. The van der Waals surface area contributed by atoms with Crippen molar-refractivity contribution in [1.82, 2.24) is 24.8 Å². The number of carbonyl (C=O) groups is 1. The number of piperidine rings is 1. The number of nitrogens with one attached hydrogen (secondary N) is 1. The Kier molecular flexibility index (Phi) is 5.07. The Morgan fingerprint density at radius 2 is 2.00 bits per heavy atom. The Balaban J connectivity index is 1.58. The second kappa shape index (κ2) is 7.39. The number of hydrogen-bond donors (Lipinski definition) is 1. The van der Waals surface area contributed by atoms with Crippen LogP contribution in [0.3, 0.4) is 0 Å². The standard InChI is InChI=1S/C20H27F2N5O/c1-20(2,12-26-8-4-3-5-9-26)25-19(28)14-11-23-27-16(17(21)22)10-15(13-6-7-13)24-18(14)27/h10-11,13,17H,3-9,12H2,1-2H3,(H,25,28). The molecule has 2 aromatic heterocycles. The van der Waals surface area contributed by atoms with Crippen LogP contribution in [0.15, 0.2) is 12.3 Å². The van der Waals surface area contributed by atoms with Crippen LogP contribution >= 0.6 is 0 Å². The molecular formula is C20H27F2N5O. The summed E-state index contributed by atoms with van der Waals surface area (Å²) in [5, 5.41) is 7.08. The molecule has 4 rings (SSSR count). The van der Waals surface area contributed by atoms with Crippen LogP contribution in [0.1, 0.15) is 80.0 Å². The highest BCUT2D eigenvalue weighted by Crippen LogP contribution is 2.40. The number of aromatic nitrogens is 3. The molecule has 8 heteroatoms. The zero-order valence-electron chi connectivity index (χ0n) is 16.4. The molecule has 6 nitrogen and oxygen atoms in total. The summed E-state index contributed by atoms with van der Waals surface area (Å²) in [6, 6.07) is 1.42. The van der Waals surface area contributed by atoms with Gasteiger partial charge in [-0.2, -0.15) is 5.10 Å². The summed E-state index contributed by atoms with van der Waals surface area (Å²) >= 11 is 0. The summed E-state index contributed by atoms with van der Waals surface area (Å²) in [5.74, 6) is -0.110. The smallest absolute Gasteiger partial charge is 0.280 e. The summed E-state index contributed by atoms with van der Waals surface area (Å²) in [4.78, 5) is 19.8. The van der Waals surface area contributed by atoms with Crippen molar-refractivity contribution in [3.8, 4) is 0 Å². The highest BCUT2D eigenvalue weighted by Gasteiger charge is 2.31.